The molecular formula is C62H45NO. The highest BCUT2D eigenvalue weighted by atomic mass is 16.3. The Morgan fingerprint density at radius 2 is 0.969 bits per heavy atom. The summed E-state index contributed by atoms with van der Waals surface area (Å²) in [5.41, 5.74) is 17.6. The number of allylic oxidation sites excluding steroid dienone is 5. The van der Waals surface area contributed by atoms with Crippen LogP contribution in [0.4, 0.5) is 17.1 Å². The van der Waals surface area contributed by atoms with E-state index in [-0.39, 0.29) is 0 Å². The molecule has 0 N–H and O–H groups in total. The molecule has 0 saturated heterocycles. The minimum atomic E-state index is -0.744. The van der Waals surface area contributed by atoms with Gasteiger partial charge in [-0.15, -0.1) is 0 Å². The number of anilines is 3. The van der Waals surface area contributed by atoms with Crippen LogP contribution in [-0.4, -0.2) is 0 Å². The first kappa shape index (κ1) is 38.7. The summed E-state index contributed by atoms with van der Waals surface area (Å²) in [4.78, 5) is 2.38. The second-order valence-corrected chi connectivity index (χ2v) is 16.4. The summed E-state index contributed by atoms with van der Waals surface area (Å²) in [5.74, 6) is 0. The van der Waals surface area contributed by atoms with Crippen molar-refractivity contribution in [3.63, 3.8) is 0 Å². The Kier molecular flexibility index (Phi) is 9.83. The molecule has 304 valence electrons. The third-order valence-electron chi connectivity index (χ3n) is 12.8. The monoisotopic (exact) mass is 819 g/mol. The van der Waals surface area contributed by atoms with Gasteiger partial charge in [0, 0.05) is 22.0 Å². The van der Waals surface area contributed by atoms with Crippen molar-refractivity contribution in [2.24, 2.45) is 0 Å². The molecule has 1 aliphatic rings. The van der Waals surface area contributed by atoms with E-state index < -0.39 is 5.41 Å². The van der Waals surface area contributed by atoms with Gasteiger partial charge < -0.3 is 9.32 Å². The van der Waals surface area contributed by atoms with Gasteiger partial charge in [-0.3, -0.25) is 0 Å². The van der Waals surface area contributed by atoms with Gasteiger partial charge in [-0.05, 0) is 111 Å². The number of rotatable bonds is 9. The predicted octanol–water partition coefficient (Wildman–Crippen LogP) is 16.9. The Morgan fingerprint density at radius 1 is 0.469 bits per heavy atom. The Hall–Kier alpha value is -8.20. The lowest BCUT2D eigenvalue weighted by molar-refractivity contribution is 0.669. The van der Waals surface area contributed by atoms with Gasteiger partial charge in [0.15, 0.2) is 5.58 Å². The van der Waals surface area contributed by atoms with Gasteiger partial charge in [-0.2, -0.15) is 0 Å². The minimum absolute atomic E-state index is 0.744. The van der Waals surface area contributed by atoms with Crippen LogP contribution in [0.3, 0.4) is 0 Å². The van der Waals surface area contributed by atoms with Gasteiger partial charge in [-0.1, -0.05) is 207 Å². The quantitative estimate of drug-likeness (QED) is 0.144. The van der Waals surface area contributed by atoms with Crippen molar-refractivity contribution in [1.29, 1.82) is 0 Å². The van der Waals surface area contributed by atoms with Crippen LogP contribution in [0.5, 0.6) is 0 Å². The van der Waals surface area contributed by atoms with Gasteiger partial charge in [0.1, 0.15) is 5.58 Å². The Balaban J connectivity index is 1.22. The van der Waals surface area contributed by atoms with Crippen LogP contribution in [-0.2, 0) is 5.41 Å². The molecule has 2 nitrogen and oxygen atoms in total. The first-order chi connectivity index (χ1) is 31.6. The zero-order valence-electron chi connectivity index (χ0n) is 35.7. The number of hydrogen-bond acceptors (Lipinski definition) is 2. The van der Waals surface area contributed by atoms with Crippen molar-refractivity contribution < 1.29 is 4.42 Å². The fraction of sp³-hybridized carbons (Fsp3) is 0.0323. The molecule has 1 aliphatic carbocycles. The lowest BCUT2D eigenvalue weighted by Crippen LogP contribution is -2.29. The van der Waals surface area contributed by atoms with E-state index >= 15 is 0 Å². The number of nitrogens with zero attached hydrogens (tertiary/aromatic N) is 1. The Morgan fingerprint density at radius 3 is 1.59 bits per heavy atom. The average molecular weight is 820 g/mol. The second-order valence-electron chi connectivity index (χ2n) is 16.4. The van der Waals surface area contributed by atoms with Gasteiger partial charge in [0.2, 0.25) is 0 Å². The number of para-hydroxylation sites is 2. The first-order valence-electron chi connectivity index (χ1n) is 22.0. The maximum atomic E-state index is 6.83. The summed E-state index contributed by atoms with van der Waals surface area (Å²) in [6.07, 6.45) is 6.56. The summed E-state index contributed by atoms with van der Waals surface area (Å²) in [5, 5.41) is 2.16. The summed E-state index contributed by atoms with van der Waals surface area (Å²) < 4.78 is 6.83. The maximum Gasteiger partial charge on any atom is 0.159 e. The van der Waals surface area contributed by atoms with Crippen molar-refractivity contribution in [3.8, 4) is 33.4 Å². The minimum Gasteiger partial charge on any atom is -0.454 e. The highest BCUT2D eigenvalue weighted by molar-refractivity contribution is 6.11. The van der Waals surface area contributed by atoms with E-state index in [1.54, 1.807) is 0 Å². The van der Waals surface area contributed by atoms with Gasteiger partial charge in [0.05, 0.1) is 16.8 Å². The molecule has 0 bridgehead atoms. The molecule has 0 unspecified atom stereocenters. The van der Waals surface area contributed by atoms with E-state index in [0.29, 0.717) is 0 Å². The van der Waals surface area contributed by atoms with Gasteiger partial charge >= 0.3 is 0 Å². The lowest BCUT2D eigenvalue weighted by Gasteiger charge is -2.35. The predicted molar refractivity (Wildman–Crippen MR) is 269 cm³/mol. The largest absolute Gasteiger partial charge is 0.454 e. The zero-order chi connectivity index (χ0) is 43.0. The molecule has 0 fully saturated rings. The smallest absolute Gasteiger partial charge is 0.159 e. The fourth-order valence-electron chi connectivity index (χ4n) is 9.94. The molecule has 0 atom stereocenters. The molecule has 0 saturated carbocycles. The number of fused-ring (bicyclic) bond motifs is 4. The van der Waals surface area contributed by atoms with Crippen LogP contribution in [0.1, 0.15) is 29.2 Å². The van der Waals surface area contributed by atoms with Crippen LogP contribution in [0.15, 0.2) is 259 Å². The topological polar surface area (TPSA) is 16.4 Å². The standard InChI is InChI=1S/C62H45NO/c1-3-4-32-55-43(2)60-56(62(55,50-28-16-26-48(41-50)45-22-10-6-11-23-45)51-29-17-27-49(42-51)46-24-12-7-13-25-46)33-19-34-57(60)63(52-39-37-47(38-40-52)44-20-8-5-9-21-44)58-35-18-31-54-53-30-14-15-36-59(53)64-61(54)58/h3-42H,2H2,1H3/b4-3-,55-32+. The molecule has 0 amide bonds. The SMILES string of the molecule is C=C1/C(=C\C=C/C)C(c2cccc(-c3ccccc3)c2)(c2cccc(-c3ccccc3)c2)c2cccc(N(c3ccc(-c4ccccc4)cc3)c3cccc4c3oc3ccccc34)c21. The third-order valence-corrected chi connectivity index (χ3v) is 12.8. The van der Waals surface area contributed by atoms with Crippen LogP contribution in [0.25, 0.3) is 60.9 Å². The van der Waals surface area contributed by atoms with Crippen LogP contribution in [0.2, 0.25) is 0 Å². The number of hydrogen-bond donors (Lipinski definition) is 0. The molecule has 0 radical (unpaired) electrons. The molecule has 9 aromatic carbocycles. The molecule has 64 heavy (non-hydrogen) atoms. The molecule has 0 spiro atoms. The summed E-state index contributed by atoms with van der Waals surface area (Å²) in [6.45, 7) is 7.15. The summed E-state index contributed by atoms with van der Waals surface area (Å²) >= 11 is 0. The molecule has 10 aromatic rings. The van der Waals surface area contributed by atoms with E-state index in [0.717, 1.165) is 72.4 Å². The van der Waals surface area contributed by atoms with Crippen LogP contribution < -0.4 is 4.90 Å². The van der Waals surface area contributed by atoms with Gasteiger partial charge in [0.25, 0.3) is 0 Å². The highest BCUT2D eigenvalue weighted by Crippen LogP contribution is 2.60. The molecule has 2 heteroatoms. The van der Waals surface area contributed by atoms with Crippen molar-refractivity contribution >= 4 is 44.6 Å². The third kappa shape index (κ3) is 6.42. The van der Waals surface area contributed by atoms with E-state index in [1.165, 1.54) is 33.4 Å². The Labute approximate surface area is 375 Å². The van der Waals surface area contributed by atoms with Crippen LogP contribution in [0, 0.1) is 0 Å². The first-order valence-corrected chi connectivity index (χ1v) is 22.0. The van der Waals surface area contributed by atoms with E-state index in [2.05, 4.69) is 248 Å². The fourth-order valence-corrected chi connectivity index (χ4v) is 9.94. The average Bonchev–Trinajstić information content (AvgIpc) is 3.88. The second kappa shape index (κ2) is 16.2. The van der Waals surface area contributed by atoms with Crippen LogP contribution >= 0.6 is 0 Å². The number of furan rings is 1. The molecule has 0 aliphatic heterocycles. The van der Waals surface area contributed by atoms with Crippen molar-refractivity contribution in [3.05, 3.63) is 277 Å². The molecule has 1 heterocycles. The molecule has 11 rings (SSSR count). The maximum absolute atomic E-state index is 6.83. The van der Waals surface area contributed by atoms with Gasteiger partial charge in [-0.25, -0.2) is 0 Å². The van der Waals surface area contributed by atoms with E-state index in [4.69, 9.17) is 11.0 Å². The zero-order valence-corrected chi connectivity index (χ0v) is 35.7. The van der Waals surface area contributed by atoms with E-state index in [9.17, 15) is 0 Å². The van der Waals surface area contributed by atoms with Crippen molar-refractivity contribution in [2.45, 2.75) is 12.3 Å². The highest BCUT2D eigenvalue weighted by Gasteiger charge is 2.49. The number of benzene rings is 9. The lowest BCUT2D eigenvalue weighted by atomic mass is 9.66. The van der Waals surface area contributed by atoms with Crippen molar-refractivity contribution in [1.82, 2.24) is 0 Å². The molecule has 1 aromatic heterocycles. The van der Waals surface area contributed by atoms with Crippen molar-refractivity contribution in [2.75, 3.05) is 4.90 Å². The Bertz CT molecular complexity index is 3310. The molecular weight excluding hydrogens is 775 g/mol. The summed E-state index contributed by atoms with van der Waals surface area (Å²) in [7, 11) is 0. The van der Waals surface area contributed by atoms with E-state index in [1.807, 2.05) is 6.07 Å². The summed E-state index contributed by atoms with van der Waals surface area (Å²) in [6, 6.07) is 80.7. The normalized spacial score (nSPS) is 13.8.